The number of carbonyl (C=O) groups is 2. The highest BCUT2D eigenvalue weighted by Crippen LogP contribution is 2.31. The summed E-state index contributed by atoms with van der Waals surface area (Å²) >= 11 is 5.96. The fourth-order valence-electron chi connectivity index (χ4n) is 3.02. The molecule has 2 aromatic rings. The zero-order valence-corrected chi connectivity index (χ0v) is 19.8. The van der Waals surface area contributed by atoms with Crippen molar-refractivity contribution < 1.29 is 27.5 Å². The lowest BCUT2D eigenvalue weighted by Gasteiger charge is -2.23. The monoisotopic (exact) mass is 507 g/mol. The number of anilines is 1. The maximum absolute atomic E-state index is 13.0. The van der Waals surface area contributed by atoms with Gasteiger partial charge in [0.25, 0.3) is 0 Å². The number of hydrogen-bond donors (Lipinski definition) is 1. The van der Waals surface area contributed by atoms with Gasteiger partial charge >= 0.3 is 12.1 Å². The van der Waals surface area contributed by atoms with Gasteiger partial charge in [-0.05, 0) is 60.9 Å². The molecule has 0 aliphatic rings. The van der Waals surface area contributed by atoms with Gasteiger partial charge in [-0.1, -0.05) is 30.3 Å². The van der Waals surface area contributed by atoms with Crippen LogP contribution in [0.15, 0.2) is 72.0 Å². The van der Waals surface area contributed by atoms with Gasteiger partial charge in [0, 0.05) is 29.8 Å². The summed E-state index contributed by atoms with van der Waals surface area (Å²) in [6, 6.07) is 11.0. The van der Waals surface area contributed by atoms with E-state index in [4.69, 9.17) is 17.3 Å². The molecule has 2 N–H and O–H groups in total. The largest absolute Gasteiger partial charge is 0.469 e. The Kier molecular flexibility index (Phi) is 10.1. The molecule has 0 fully saturated rings. The normalized spacial score (nSPS) is 12.0. The van der Waals surface area contributed by atoms with Gasteiger partial charge in [0.15, 0.2) is 0 Å². The predicted octanol–water partition coefficient (Wildman–Crippen LogP) is 5.97. The maximum atomic E-state index is 13.0. The Morgan fingerprint density at radius 3 is 2.40 bits per heavy atom. The van der Waals surface area contributed by atoms with Crippen molar-refractivity contribution in [1.29, 1.82) is 0 Å². The van der Waals surface area contributed by atoms with E-state index in [1.54, 1.807) is 24.3 Å². The van der Waals surface area contributed by atoms with Gasteiger partial charge in [-0.2, -0.15) is 13.2 Å². The van der Waals surface area contributed by atoms with Crippen molar-refractivity contribution in [3.05, 3.63) is 83.2 Å². The number of methoxy groups -OCH3 is 1. The lowest BCUT2D eigenvalue weighted by molar-refractivity contribution is -0.141. The van der Waals surface area contributed by atoms with E-state index < -0.39 is 23.6 Å². The Bertz CT molecular complexity index is 1110. The third-order valence-corrected chi connectivity index (χ3v) is 5.08. The Morgan fingerprint density at radius 1 is 1.14 bits per heavy atom. The molecular weight excluding hydrogens is 483 g/mol. The number of nitrogens with two attached hydrogens (primary N) is 1. The number of aliphatic imine (C=N–C) groups is 1. The van der Waals surface area contributed by atoms with Crippen LogP contribution in [0.4, 0.5) is 18.9 Å². The molecule has 35 heavy (non-hydrogen) atoms. The van der Waals surface area contributed by atoms with E-state index in [9.17, 15) is 22.8 Å². The van der Waals surface area contributed by atoms with E-state index in [1.165, 1.54) is 31.5 Å². The number of esters is 1. The SMILES string of the molecule is C=C(N=C/C=C(\N)c1cccc(Cl)c1)N(C(=O)CCCCC(=O)OC)c1ccc(C(F)(F)F)cc1. The first-order chi connectivity index (χ1) is 16.5. The van der Waals surface area contributed by atoms with Gasteiger partial charge in [-0.15, -0.1) is 0 Å². The standard InChI is InChI=1S/C25H25ClF3N3O3/c1-17(31-15-14-22(30)18-6-5-7-20(26)16-18)32(23(33)8-3-4-9-24(34)35-2)21-12-10-19(11-13-21)25(27,28)29/h5-7,10-16H,1,3-4,8-9,30H2,2H3/b22-14-,31-15?. The third-order valence-electron chi connectivity index (χ3n) is 4.85. The van der Waals surface area contributed by atoms with E-state index in [-0.39, 0.29) is 24.4 Å². The first-order valence-electron chi connectivity index (χ1n) is 10.5. The van der Waals surface area contributed by atoms with Gasteiger partial charge in [0.05, 0.1) is 18.4 Å². The Balaban J connectivity index is 2.22. The minimum absolute atomic E-state index is 0.0159. The zero-order chi connectivity index (χ0) is 26.0. The van der Waals surface area contributed by atoms with Crippen LogP contribution in [-0.2, 0) is 20.5 Å². The van der Waals surface area contributed by atoms with Crippen LogP contribution in [0.2, 0.25) is 5.02 Å². The van der Waals surface area contributed by atoms with Crippen molar-refractivity contribution in [1.82, 2.24) is 0 Å². The van der Waals surface area contributed by atoms with Gasteiger partial charge in [0.1, 0.15) is 5.82 Å². The van der Waals surface area contributed by atoms with Gasteiger partial charge in [0.2, 0.25) is 5.91 Å². The number of rotatable bonds is 10. The lowest BCUT2D eigenvalue weighted by Crippen LogP contribution is -2.29. The molecular formula is C25H25ClF3N3O3. The number of halogens is 4. The molecule has 0 bridgehead atoms. The zero-order valence-electron chi connectivity index (χ0n) is 19.0. The number of hydrogen-bond acceptors (Lipinski definition) is 5. The molecule has 0 spiro atoms. The van der Waals surface area contributed by atoms with Gasteiger partial charge in [-0.3, -0.25) is 14.5 Å². The maximum Gasteiger partial charge on any atom is 0.416 e. The van der Waals surface area contributed by atoms with E-state index in [2.05, 4.69) is 16.3 Å². The quantitative estimate of drug-likeness (QED) is 0.244. The first kappa shape index (κ1) is 27.7. The molecule has 0 aromatic heterocycles. The Morgan fingerprint density at radius 2 is 1.80 bits per heavy atom. The lowest BCUT2D eigenvalue weighted by atomic mass is 10.1. The van der Waals surface area contributed by atoms with Crippen LogP contribution in [-0.4, -0.2) is 25.2 Å². The van der Waals surface area contributed by atoms with E-state index in [0.29, 0.717) is 29.1 Å². The minimum Gasteiger partial charge on any atom is -0.469 e. The van der Waals surface area contributed by atoms with E-state index in [1.807, 2.05) is 0 Å². The van der Waals surface area contributed by atoms with Crippen molar-refractivity contribution >= 4 is 41.1 Å². The molecule has 2 rings (SSSR count). The summed E-state index contributed by atoms with van der Waals surface area (Å²) in [6.45, 7) is 3.80. The predicted molar refractivity (Wildman–Crippen MR) is 131 cm³/mol. The average Bonchev–Trinajstić information content (AvgIpc) is 2.81. The number of benzene rings is 2. The highest BCUT2D eigenvalue weighted by atomic mass is 35.5. The molecule has 0 aliphatic heterocycles. The second-order valence-electron chi connectivity index (χ2n) is 7.38. The molecule has 186 valence electrons. The molecule has 0 saturated heterocycles. The molecule has 0 aliphatic carbocycles. The second-order valence-corrected chi connectivity index (χ2v) is 7.82. The second kappa shape index (κ2) is 12.8. The molecule has 2 aromatic carbocycles. The average molecular weight is 508 g/mol. The molecule has 10 heteroatoms. The summed E-state index contributed by atoms with van der Waals surface area (Å²) in [4.78, 5) is 29.5. The summed E-state index contributed by atoms with van der Waals surface area (Å²) in [5.41, 5.74) is 6.37. The summed E-state index contributed by atoms with van der Waals surface area (Å²) < 4.78 is 43.4. The molecule has 0 atom stereocenters. The number of carbonyl (C=O) groups excluding carboxylic acids is 2. The smallest absolute Gasteiger partial charge is 0.416 e. The van der Waals surface area contributed by atoms with Crippen LogP contribution in [0.25, 0.3) is 5.70 Å². The van der Waals surface area contributed by atoms with Crippen LogP contribution in [0.3, 0.4) is 0 Å². The molecule has 6 nitrogen and oxygen atoms in total. The highest BCUT2D eigenvalue weighted by Gasteiger charge is 2.30. The minimum atomic E-state index is -4.51. The van der Waals surface area contributed by atoms with Gasteiger partial charge < -0.3 is 10.5 Å². The van der Waals surface area contributed by atoms with Crippen LogP contribution < -0.4 is 10.6 Å². The van der Waals surface area contributed by atoms with Crippen molar-refractivity contribution in [3.63, 3.8) is 0 Å². The van der Waals surface area contributed by atoms with Crippen molar-refractivity contribution in [2.24, 2.45) is 10.7 Å². The molecule has 0 unspecified atom stereocenters. The molecule has 0 heterocycles. The van der Waals surface area contributed by atoms with Crippen molar-refractivity contribution in [3.8, 4) is 0 Å². The third kappa shape index (κ3) is 8.60. The summed E-state index contributed by atoms with van der Waals surface area (Å²) in [6.07, 6.45) is -0.747. The van der Waals surface area contributed by atoms with E-state index >= 15 is 0 Å². The van der Waals surface area contributed by atoms with Crippen molar-refractivity contribution in [2.45, 2.75) is 31.9 Å². The molecule has 1 amide bonds. The van der Waals surface area contributed by atoms with Crippen LogP contribution in [0.5, 0.6) is 0 Å². The molecule has 0 radical (unpaired) electrons. The summed E-state index contributed by atoms with van der Waals surface area (Å²) in [5.74, 6) is -0.850. The number of ether oxygens (including phenoxy) is 1. The molecule has 0 saturated carbocycles. The number of alkyl halides is 3. The van der Waals surface area contributed by atoms with E-state index in [0.717, 1.165) is 17.0 Å². The van der Waals surface area contributed by atoms with Gasteiger partial charge in [-0.25, -0.2) is 4.99 Å². The fourth-order valence-corrected chi connectivity index (χ4v) is 3.21. The first-order valence-corrected chi connectivity index (χ1v) is 10.9. The number of nitrogens with zero attached hydrogens (tertiary/aromatic N) is 2. The number of unbranched alkanes of at least 4 members (excludes halogenated alkanes) is 1. The van der Waals surface area contributed by atoms with Crippen LogP contribution in [0, 0.1) is 0 Å². The highest BCUT2D eigenvalue weighted by molar-refractivity contribution is 6.30. The summed E-state index contributed by atoms with van der Waals surface area (Å²) in [7, 11) is 1.27. The Hall–Kier alpha value is -3.59. The topological polar surface area (TPSA) is 85.0 Å². The number of amides is 1. The van der Waals surface area contributed by atoms with Crippen LogP contribution in [0.1, 0.15) is 36.8 Å². The fraction of sp³-hybridized carbons (Fsp3) is 0.240. The Labute approximate surface area is 206 Å². The summed E-state index contributed by atoms with van der Waals surface area (Å²) in [5, 5.41) is 0.506. The van der Waals surface area contributed by atoms with Crippen LogP contribution >= 0.6 is 11.6 Å². The number of allylic oxidation sites excluding steroid dienone is 1. The van der Waals surface area contributed by atoms with Crippen molar-refractivity contribution in [2.75, 3.05) is 12.0 Å².